The van der Waals surface area contributed by atoms with E-state index in [1.165, 1.54) is 0 Å². The number of hydrogen-bond donors (Lipinski definition) is 0. The highest BCUT2D eigenvalue weighted by Crippen LogP contribution is 2.35. The van der Waals surface area contributed by atoms with Crippen LogP contribution in [0.1, 0.15) is 27.7 Å². The molecule has 0 aliphatic carbocycles. The minimum Gasteiger partial charge on any atom is -0.314 e. The maximum Gasteiger partial charge on any atom is 0.256 e. The van der Waals surface area contributed by atoms with Gasteiger partial charge in [0.15, 0.2) is 0 Å². The van der Waals surface area contributed by atoms with Gasteiger partial charge in [-0.05, 0) is 25.7 Å². The maximum absolute atomic E-state index is 12.6. The average molecular weight is 266 g/mol. The van der Waals surface area contributed by atoms with Gasteiger partial charge >= 0.3 is 0 Å². The number of fused-ring (bicyclic) bond motifs is 1. The summed E-state index contributed by atoms with van der Waals surface area (Å²) in [4.78, 5) is 16.6. The number of carbonyl (C=O) groups is 1. The highest BCUT2D eigenvalue weighted by molar-refractivity contribution is 5.99. The number of rotatable bonds is 3. The first-order chi connectivity index (χ1) is 9.68. The molecule has 1 aliphatic rings. The number of carbonyl (C=O) groups excluding carboxylic acids is 1. The van der Waals surface area contributed by atoms with E-state index in [1.807, 2.05) is 61.5 Å². The van der Waals surface area contributed by atoms with Crippen LogP contribution in [-0.4, -0.2) is 29.8 Å². The van der Waals surface area contributed by atoms with Gasteiger partial charge in [0.05, 0.1) is 0 Å². The van der Waals surface area contributed by atoms with Crippen molar-refractivity contribution >= 4 is 5.91 Å². The average Bonchev–Trinajstić information content (AvgIpc) is 2.74. The first-order valence-corrected chi connectivity index (χ1v) is 6.79. The van der Waals surface area contributed by atoms with Gasteiger partial charge in [0, 0.05) is 17.7 Å². The van der Waals surface area contributed by atoms with Crippen molar-refractivity contribution in [3.05, 3.63) is 71.3 Å². The lowest BCUT2D eigenvalue weighted by atomic mass is 10.1. The van der Waals surface area contributed by atoms with Crippen molar-refractivity contribution in [3.8, 4) is 0 Å². The largest absolute Gasteiger partial charge is 0.314 e. The molecule has 0 N–H and O–H groups in total. The molecule has 1 amide bonds. The molecule has 2 aromatic carbocycles. The van der Waals surface area contributed by atoms with Crippen molar-refractivity contribution in [2.45, 2.75) is 12.7 Å². The monoisotopic (exact) mass is 266 g/mol. The van der Waals surface area contributed by atoms with Crippen LogP contribution in [0.3, 0.4) is 0 Å². The van der Waals surface area contributed by atoms with Crippen LogP contribution in [0.5, 0.6) is 0 Å². The Kier molecular flexibility index (Phi) is 3.28. The number of nitrogens with zero attached hydrogens (tertiary/aromatic N) is 2. The van der Waals surface area contributed by atoms with Crippen molar-refractivity contribution in [3.63, 3.8) is 0 Å². The summed E-state index contributed by atoms with van der Waals surface area (Å²) in [5.41, 5.74) is 3.07. The molecule has 0 fully saturated rings. The second kappa shape index (κ2) is 5.10. The Hall–Kier alpha value is -2.13. The molecule has 0 spiro atoms. The van der Waals surface area contributed by atoms with Crippen molar-refractivity contribution in [1.82, 2.24) is 9.80 Å². The Morgan fingerprint density at radius 2 is 1.65 bits per heavy atom. The summed E-state index contributed by atoms with van der Waals surface area (Å²) in [5, 5.41) is 0. The second-order valence-electron chi connectivity index (χ2n) is 5.34. The summed E-state index contributed by atoms with van der Waals surface area (Å²) in [5.74, 6) is 0.114. The van der Waals surface area contributed by atoms with Gasteiger partial charge in [-0.3, -0.25) is 9.69 Å². The molecule has 0 saturated carbocycles. The van der Waals surface area contributed by atoms with Crippen LogP contribution in [0, 0.1) is 0 Å². The van der Waals surface area contributed by atoms with Crippen LogP contribution in [0.25, 0.3) is 0 Å². The highest BCUT2D eigenvalue weighted by atomic mass is 16.2. The normalized spacial score (nSPS) is 17.6. The van der Waals surface area contributed by atoms with E-state index in [4.69, 9.17) is 0 Å². The Labute approximate surface area is 119 Å². The predicted molar refractivity (Wildman–Crippen MR) is 79.2 cm³/mol. The Balaban J connectivity index is 1.97. The molecule has 0 radical (unpaired) electrons. The van der Waals surface area contributed by atoms with Crippen molar-refractivity contribution < 1.29 is 4.79 Å². The van der Waals surface area contributed by atoms with Crippen LogP contribution < -0.4 is 0 Å². The van der Waals surface area contributed by atoms with E-state index in [2.05, 4.69) is 17.0 Å². The number of hydrogen-bond acceptors (Lipinski definition) is 2. The molecule has 2 aromatic rings. The van der Waals surface area contributed by atoms with Crippen LogP contribution in [0.15, 0.2) is 54.6 Å². The standard InChI is InChI=1S/C17H18N2O/c1-18(2)16-14-10-6-7-11-15(14)17(20)19(16)12-13-8-4-3-5-9-13/h3-11,16H,12H2,1-2H3. The van der Waals surface area contributed by atoms with Crippen molar-refractivity contribution in [2.75, 3.05) is 14.1 Å². The van der Waals surface area contributed by atoms with Gasteiger partial charge < -0.3 is 4.90 Å². The molecular weight excluding hydrogens is 248 g/mol. The SMILES string of the molecule is CN(C)C1c2ccccc2C(=O)N1Cc1ccccc1. The van der Waals surface area contributed by atoms with Gasteiger partial charge in [-0.1, -0.05) is 48.5 Å². The van der Waals surface area contributed by atoms with Crippen LogP contribution in [-0.2, 0) is 6.54 Å². The van der Waals surface area contributed by atoms with Crippen LogP contribution >= 0.6 is 0 Å². The lowest BCUT2D eigenvalue weighted by Gasteiger charge is -2.30. The lowest BCUT2D eigenvalue weighted by molar-refractivity contribution is 0.0510. The van der Waals surface area contributed by atoms with Gasteiger partial charge in [-0.2, -0.15) is 0 Å². The fourth-order valence-electron chi connectivity index (χ4n) is 2.85. The topological polar surface area (TPSA) is 23.6 Å². The molecule has 3 rings (SSSR count). The maximum atomic E-state index is 12.6. The lowest BCUT2D eigenvalue weighted by Crippen LogP contribution is -2.35. The zero-order chi connectivity index (χ0) is 14.1. The fraction of sp³-hybridized carbons (Fsp3) is 0.235. The van der Waals surface area contributed by atoms with E-state index in [0.29, 0.717) is 6.54 Å². The van der Waals surface area contributed by atoms with E-state index in [9.17, 15) is 4.79 Å². The molecule has 1 heterocycles. The van der Waals surface area contributed by atoms with Crippen LogP contribution in [0.2, 0.25) is 0 Å². The Morgan fingerprint density at radius 1 is 1.00 bits per heavy atom. The van der Waals surface area contributed by atoms with Gasteiger partial charge in [0.2, 0.25) is 0 Å². The zero-order valence-corrected chi connectivity index (χ0v) is 11.8. The molecule has 3 nitrogen and oxygen atoms in total. The van der Waals surface area contributed by atoms with Crippen LogP contribution in [0.4, 0.5) is 0 Å². The van der Waals surface area contributed by atoms with Gasteiger partial charge in [-0.15, -0.1) is 0 Å². The van der Waals surface area contributed by atoms with Gasteiger partial charge in [0.1, 0.15) is 6.17 Å². The summed E-state index contributed by atoms with van der Waals surface area (Å²) < 4.78 is 0. The minimum absolute atomic E-state index is 0.0129. The van der Waals surface area contributed by atoms with Crippen molar-refractivity contribution in [1.29, 1.82) is 0 Å². The predicted octanol–water partition coefficient (Wildman–Crippen LogP) is 2.90. The highest BCUT2D eigenvalue weighted by Gasteiger charge is 2.37. The number of benzene rings is 2. The molecule has 0 bridgehead atoms. The van der Waals surface area contributed by atoms with E-state index in [-0.39, 0.29) is 12.1 Å². The Bertz CT molecular complexity index is 622. The molecule has 1 aliphatic heterocycles. The molecule has 1 atom stereocenters. The van der Waals surface area contributed by atoms with E-state index in [0.717, 1.165) is 16.7 Å². The van der Waals surface area contributed by atoms with Gasteiger partial charge in [0.25, 0.3) is 5.91 Å². The quantitative estimate of drug-likeness (QED) is 0.853. The molecule has 3 heteroatoms. The Morgan fingerprint density at radius 3 is 2.35 bits per heavy atom. The molecular formula is C17H18N2O. The number of amides is 1. The summed E-state index contributed by atoms with van der Waals surface area (Å²) >= 11 is 0. The molecule has 1 unspecified atom stereocenters. The molecule has 0 saturated heterocycles. The molecule has 0 aromatic heterocycles. The first-order valence-electron chi connectivity index (χ1n) is 6.79. The summed E-state index contributed by atoms with van der Waals surface area (Å²) in [6, 6.07) is 18.0. The summed E-state index contributed by atoms with van der Waals surface area (Å²) in [6.45, 7) is 0.636. The van der Waals surface area contributed by atoms with Crippen molar-refractivity contribution in [2.24, 2.45) is 0 Å². The third-order valence-electron chi connectivity index (χ3n) is 3.71. The van der Waals surface area contributed by atoms with E-state index < -0.39 is 0 Å². The minimum atomic E-state index is 0.0129. The summed E-state index contributed by atoms with van der Waals surface area (Å²) in [7, 11) is 4.02. The zero-order valence-electron chi connectivity index (χ0n) is 11.8. The van der Waals surface area contributed by atoms with E-state index >= 15 is 0 Å². The van der Waals surface area contributed by atoms with Gasteiger partial charge in [-0.25, -0.2) is 0 Å². The first kappa shape index (κ1) is 12.9. The summed E-state index contributed by atoms with van der Waals surface area (Å²) in [6.07, 6.45) is 0.0129. The third kappa shape index (κ3) is 2.10. The molecule has 20 heavy (non-hydrogen) atoms. The fourth-order valence-corrected chi connectivity index (χ4v) is 2.85. The molecule has 102 valence electrons. The third-order valence-corrected chi connectivity index (χ3v) is 3.71. The van der Waals surface area contributed by atoms with E-state index in [1.54, 1.807) is 0 Å². The smallest absolute Gasteiger partial charge is 0.256 e. The second-order valence-corrected chi connectivity index (χ2v) is 5.34.